The third-order valence-electron chi connectivity index (χ3n) is 3.29. The molecule has 0 saturated carbocycles. The molecule has 2 rings (SSSR count). The summed E-state index contributed by atoms with van der Waals surface area (Å²) < 4.78 is 12.2. The van der Waals surface area contributed by atoms with Gasteiger partial charge in [-0.1, -0.05) is 15.9 Å². The van der Waals surface area contributed by atoms with Gasteiger partial charge in [-0.3, -0.25) is 9.36 Å². The Bertz CT molecular complexity index is 802. The van der Waals surface area contributed by atoms with E-state index in [0.717, 1.165) is 9.48 Å². The summed E-state index contributed by atoms with van der Waals surface area (Å²) in [6.45, 7) is 1.43. The molecule has 0 bridgehead atoms. The van der Waals surface area contributed by atoms with E-state index < -0.39 is 0 Å². The molecule has 1 aromatic carbocycles. The van der Waals surface area contributed by atoms with Crippen molar-refractivity contribution in [3.8, 4) is 6.19 Å². The molecule has 0 aliphatic heterocycles. The van der Waals surface area contributed by atoms with Crippen LogP contribution in [0.1, 0.15) is 0 Å². The van der Waals surface area contributed by atoms with Gasteiger partial charge in [0.25, 0.3) is 5.56 Å². The van der Waals surface area contributed by atoms with E-state index in [1.165, 1.54) is 4.57 Å². The Balaban J connectivity index is 2.55. The first kappa shape index (κ1) is 18.4. The Labute approximate surface area is 147 Å². The van der Waals surface area contributed by atoms with E-state index in [9.17, 15) is 10.1 Å². The molecule has 0 fully saturated rings. The second-order valence-corrected chi connectivity index (χ2v) is 5.77. The van der Waals surface area contributed by atoms with Crippen molar-refractivity contribution in [1.82, 2.24) is 15.0 Å². The maximum Gasteiger partial charge on any atom is 0.262 e. The molecule has 24 heavy (non-hydrogen) atoms. The number of benzene rings is 1. The van der Waals surface area contributed by atoms with E-state index in [-0.39, 0.29) is 18.1 Å². The molecular formula is C15H18BrN5O3. The Morgan fingerprint density at radius 1 is 1.38 bits per heavy atom. The van der Waals surface area contributed by atoms with E-state index in [0.29, 0.717) is 30.7 Å². The van der Waals surface area contributed by atoms with Gasteiger partial charge >= 0.3 is 0 Å². The first-order chi connectivity index (χ1) is 11.6. The lowest BCUT2D eigenvalue weighted by atomic mass is 10.2. The molecule has 1 N–H and O–H groups in total. The molecule has 1 heterocycles. The SMILES string of the molecule is COCCNN(C#N)c1nc2ccc(Br)cc2c(=O)n1CCOC. The van der Waals surface area contributed by atoms with Crippen LogP contribution < -0.4 is 16.0 Å². The molecular weight excluding hydrogens is 378 g/mol. The van der Waals surface area contributed by atoms with Crippen LogP contribution in [0.2, 0.25) is 0 Å². The molecule has 128 valence electrons. The molecule has 0 aliphatic rings. The quantitative estimate of drug-likeness (QED) is 0.311. The molecule has 0 saturated heterocycles. The zero-order chi connectivity index (χ0) is 17.5. The normalized spacial score (nSPS) is 10.8. The average molecular weight is 396 g/mol. The lowest BCUT2D eigenvalue weighted by Gasteiger charge is -2.20. The lowest BCUT2D eigenvalue weighted by molar-refractivity contribution is 0.186. The summed E-state index contributed by atoms with van der Waals surface area (Å²) in [6, 6.07) is 5.25. The minimum atomic E-state index is -0.234. The van der Waals surface area contributed by atoms with Crippen LogP contribution in [0.3, 0.4) is 0 Å². The molecule has 0 unspecified atom stereocenters. The van der Waals surface area contributed by atoms with Crippen molar-refractivity contribution in [2.75, 3.05) is 39.0 Å². The van der Waals surface area contributed by atoms with Crippen LogP contribution in [0.5, 0.6) is 0 Å². The van der Waals surface area contributed by atoms with E-state index in [2.05, 4.69) is 26.3 Å². The Morgan fingerprint density at radius 3 is 2.79 bits per heavy atom. The number of nitrogens with one attached hydrogen (secondary N) is 1. The summed E-state index contributed by atoms with van der Waals surface area (Å²) in [5.74, 6) is 0.213. The largest absolute Gasteiger partial charge is 0.383 e. The summed E-state index contributed by atoms with van der Waals surface area (Å²) in [6.07, 6.45) is 1.99. The molecule has 0 aliphatic carbocycles. The second-order valence-electron chi connectivity index (χ2n) is 4.86. The number of halogens is 1. The predicted molar refractivity (Wildman–Crippen MR) is 93.5 cm³/mol. The van der Waals surface area contributed by atoms with Crippen molar-refractivity contribution in [2.45, 2.75) is 6.54 Å². The fourth-order valence-electron chi connectivity index (χ4n) is 2.15. The first-order valence-electron chi connectivity index (χ1n) is 7.23. The van der Waals surface area contributed by atoms with Gasteiger partial charge in [0.15, 0.2) is 0 Å². The molecule has 0 atom stereocenters. The maximum absolute atomic E-state index is 12.8. The molecule has 9 heteroatoms. The average Bonchev–Trinajstić information content (AvgIpc) is 2.58. The van der Waals surface area contributed by atoms with Gasteiger partial charge in [-0.15, -0.1) is 0 Å². The van der Waals surface area contributed by atoms with Crippen molar-refractivity contribution >= 4 is 32.8 Å². The third kappa shape index (κ3) is 4.10. The van der Waals surface area contributed by atoms with E-state index in [4.69, 9.17) is 9.47 Å². The number of nitriles is 1. The summed E-state index contributed by atoms with van der Waals surface area (Å²) in [5, 5.41) is 11.0. The van der Waals surface area contributed by atoms with Gasteiger partial charge < -0.3 is 9.47 Å². The number of fused-ring (bicyclic) bond motifs is 1. The fourth-order valence-corrected chi connectivity index (χ4v) is 2.51. The van der Waals surface area contributed by atoms with E-state index >= 15 is 0 Å². The smallest absolute Gasteiger partial charge is 0.262 e. The summed E-state index contributed by atoms with van der Waals surface area (Å²) in [4.78, 5) is 17.3. The van der Waals surface area contributed by atoms with Crippen LogP contribution in [0, 0.1) is 11.5 Å². The van der Waals surface area contributed by atoms with Crippen molar-refractivity contribution in [2.24, 2.45) is 0 Å². The van der Waals surface area contributed by atoms with E-state index in [1.807, 2.05) is 6.19 Å². The lowest BCUT2D eigenvalue weighted by Crippen LogP contribution is -2.41. The van der Waals surface area contributed by atoms with E-state index in [1.54, 1.807) is 32.4 Å². The number of hydrogen-bond acceptors (Lipinski definition) is 7. The fraction of sp³-hybridized carbons (Fsp3) is 0.400. The molecule has 0 spiro atoms. The standard InChI is InChI=1S/C15H18BrN5O3/c1-23-7-5-18-21(10-17)15-19-13-4-3-11(16)9-12(13)14(22)20(15)6-8-24-2/h3-4,9,18H,5-8H2,1-2H3. The monoisotopic (exact) mass is 395 g/mol. The second kappa shape index (κ2) is 8.75. The van der Waals surface area contributed by atoms with Gasteiger partial charge in [0.2, 0.25) is 12.1 Å². The summed E-state index contributed by atoms with van der Waals surface area (Å²) >= 11 is 3.36. The highest BCUT2D eigenvalue weighted by atomic mass is 79.9. The number of anilines is 1. The number of hydrazine groups is 1. The van der Waals surface area contributed by atoms with Crippen molar-refractivity contribution in [3.63, 3.8) is 0 Å². The van der Waals surface area contributed by atoms with Crippen LogP contribution in [-0.4, -0.2) is 43.5 Å². The number of rotatable bonds is 8. The highest BCUT2D eigenvalue weighted by Crippen LogP contribution is 2.18. The topological polar surface area (TPSA) is 92.4 Å². The van der Waals surface area contributed by atoms with Gasteiger partial charge in [0.1, 0.15) is 0 Å². The number of ether oxygens (including phenoxy) is 2. The summed E-state index contributed by atoms with van der Waals surface area (Å²) in [5.41, 5.74) is 3.16. The van der Waals surface area contributed by atoms with Gasteiger partial charge in [-0.05, 0) is 18.2 Å². The number of hydrogen-bond donors (Lipinski definition) is 1. The molecule has 2 aromatic rings. The van der Waals surface area contributed by atoms with Crippen LogP contribution >= 0.6 is 15.9 Å². The number of methoxy groups -OCH3 is 2. The Morgan fingerprint density at radius 2 is 2.12 bits per heavy atom. The van der Waals surface area contributed by atoms with Crippen LogP contribution in [0.15, 0.2) is 27.5 Å². The van der Waals surface area contributed by atoms with Crippen LogP contribution in [-0.2, 0) is 16.0 Å². The Kier molecular flexibility index (Phi) is 6.69. The third-order valence-corrected chi connectivity index (χ3v) is 3.78. The molecule has 1 aromatic heterocycles. The molecule has 0 amide bonds. The number of nitrogens with zero attached hydrogens (tertiary/aromatic N) is 4. The maximum atomic E-state index is 12.8. The molecule has 8 nitrogen and oxygen atoms in total. The van der Waals surface area contributed by atoms with Crippen molar-refractivity contribution in [1.29, 1.82) is 5.26 Å². The highest BCUT2D eigenvalue weighted by Gasteiger charge is 2.17. The van der Waals surface area contributed by atoms with Crippen LogP contribution in [0.25, 0.3) is 10.9 Å². The van der Waals surface area contributed by atoms with Gasteiger partial charge in [-0.2, -0.15) is 10.3 Å². The Hall–Kier alpha value is -1.99. The van der Waals surface area contributed by atoms with Crippen molar-refractivity contribution < 1.29 is 9.47 Å². The first-order valence-corrected chi connectivity index (χ1v) is 8.03. The minimum absolute atomic E-state index is 0.213. The van der Waals surface area contributed by atoms with Gasteiger partial charge in [-0.25, -0.2) is 10.4 Å². The molecule has 0 radical (unpaired) electrons. The predicted octanol–water partition coefficient (Wildman–Crippen LogP) is 1.24. The van der Waals surface area contributed by atoms with Gasteiger partial charge in [0.05, 0.1) is 30.7 Å². The van der Waals surface area contributed by atoms with Crippen LogP contribution in [0.4, 0.5) is 5.95 Å². The van der Waals surface area contributed by atoms with Gasteiger partial charge in [0, 0.05) is 25.2 Å². The van der Waals surface area contributed by atoms with Crippen molar-refractivity contribution in [3.05, 3.63) is 33.0 Å². The summed E-state index contributed by atoms with van der Waals surface area (Å²) in [7, 11) is 3.12. The zero-order valence-electron chi connectivity index (χ0n) is 13.5. The number of aromatic nitrogens is 2. The highest BCUT2D eigenvalue weighted by molar-refractivity contribution is 9.10. The zero-order valence-corrected chi connectivity index (χ0v) is 15.0. The minimum Gasteiger partial charge on any atom is -0.383 e.